The van der Waals surface area contributed by atoms with Crippen molar-refractivity contribution in [3.05, 3.63) is 36.5 Å². The van der Waals surface area contributed by atoms with Crippen LogP contribution in [0.3, 0.4) is 0 Å². The second-order valence-corrected chi connectivity index (χ2v) is 12.1. The molecule has 1 aliphatic rings. The van der Waals surface area contributed by atoms with Crippen LogP contribution in [0, 0.1) is 0 Å². The van der Waals surface area contributed by atoms with Crippen LogP contribution in [0.5, 0.6) is 0 Å². The van der Waals surface area contributed by atoms with E-state index in [2.05, 4.69) is 52.6 Å². The van der Waals surface area contributed by atoms with E-state index in [1.165, 1.54) is 0 Å². The first-order chi connectivity index (χ1) is 9.62. The maximum Gasteiger partial charge on any atom is 0.193 e. The van der Waals surface area contributed by atoms with Crippen molar-refractivity contribution in [3.8, 4) is 0 Å². The Morgan fingerprint density at radius 1 is 1.19 bits per heavy atom. The van der Waals surface area contributed by atoms with Crippen LogP contribution in [-0.4, -0.2) is 26.6 Å². The topological polar surface area (TPSA) is 18.5 Å². The molecule has 2 nitrogen and oxygen atoms in total. The van der Waals surface area contributed by atoms with Gasteiger partial charge in [-0.3, -0.25) is 0 Å². The van der Waals surface area contributed by atoms with Gasteiger partial charge in [-0.1, -0.05) is 51.7 Å². The van der Waals surface area contributed by atoms with E-state index in [4.69, 9.17) is 9.16 Å². The molecule has 1 saturated heterocycles. The molecule has 0 saturated carbocycles. The monoisotopic (exact) mass is 308 g/mol. The molecule has 0 aliphatic carbocycles. The van der Waals surface area contributed by atoms with Crippen LogP contribution in [0.1, 0.15) is 41.0 Å². The summed E-state index contributed by atoms with van der Waals surface area (Å²) in [5, 5.41) is 0.188. The number of ether oxygens (including phenoxy) is 1. The molecule has 1 aliphatic heterocycles. The van der Waals surface area contributed by atoms with E-state index in [1.54, 1.807) is 0 Å². The van der Waals surface area contributed by atoms with E-state index in [9.17, 15) is 0 Å². The molecule has 1 fully saturated rings. The van der Waals surface area contributed by atoms with E-state index in [0.29, 0.717) is 0 Å². The van der Waals surface area contributed by atoms with Crippen molar-refractivity contribution in [1.29, 1.82) is 0 Å². The van der Waals surface area contributed by atoms with Gasteiger partial charge in [0.2, 0.25) is 0 Å². The van der Waals surface area contributed by atoms with E-state index in [1.807, 2.05) is 26.0 Å². The fourth-order valence-electron chi connectivity index (χ4n) is 2.24. The largest absolute Gasteiger partial charge is 0.407 e. The normalized spacial score (nSPS) is 28.7. The number of hydrogen-bond donors (Lipinski definition) is 0. The molecular weight excluding hydrogens is 276 g/mol. The zero-order chi connectivity index (χ0) is 16.3. The molecule has 0 aromatic rings. The zero-order valence-electron chi connectivity index (χ0n) is 14.8. The molecule has 0 unspecified atom stereocenters. The molecule has 1 rings (SSSR count). The molecule has 1 heterocycles. The Morgan fingerprint density at radius 2 is 1.76 bits per heavy atom. The molecular formula is C18H32O2Si. The Balaban J connectivity index is 2.96. The summed E-state index contributed by atoms with van der Waals surface area (Å²) >= 11 is 0. The first-order valence-electron chi connectivity index (χ1n) is 7.89. The molecule has 0 radical (unpaired) electrons. The van der Waals surface area contributed by atoms with Gasteiger partial charge in [-0.25, -0.2) is 0 Å². The Kier molecular flexibility index (Phi) is 6.20. The fourth-order valence-corrected chi connectivity index (χ4v) is 3.53. The van der Waals surface area contributed by atoms with Gasteiger partial charge in [-0.05, 0) is 37.6 Å². The zero-order valence-corrected chi connectivity index (χ0v) is 15.8. The highest BCUT2D eigenvalue weighted by Gasteiger charge is 2.43. The molecule has 0 aromatic carbocycles. The number of rotatable bonds is 4. The molecule has 0 aromatic heterocycles. The first-order valence-corrected chi connectivity index (χ1v) is 10.8. The Morgan fingerprint density at radius 3 is 2.24 bits per heavy atom. The predicted molar refractivity (Wildman–Crippen MR) is 94.1 cm³/mol. The first kappa shape index (κ1) is 18.4. The summed E-state index contributed by atoms with van der Waals surface area (Å²) in [6.45, 7) is 19.7. The van der Waals surface area contributed by atoms with Crippen LogP contribution in [0.25, 0.3) is 0 Å². The van der Waals surface area contributed by atoms with Crippen LogP contribution in [-0.2, 0) is 9.16 Å². The number of allylic oxidation sites excluding steroid dienone is 2. The number of hydrogen-bond acceptors (Lipinski definition) is 2. The smallest absolute Gasteiger partial charge is 0.193 e. The summed E-state index contributed by atoms with van der Waals surface area (Å²) in [4.78, 5) is 0. The van der Waals surface area contributed by atoms with E-state index in [-0.39, 0.29) is 23.4 Å². The minimum Gasteiger partial charge on any atom is -0.407 e. The highest BCUT2D eigenvalue weighted by atomic mass is 28.4. The SMILES string of the molecule is C=C1C[C@H](/C=C/C)O[C@H](/C=C/C)[C@H]1O[Si](C)(C)C(C)(C)C. The minimum absolute atomic E-state index is 0.0244. The second-order valence-electron chi connectivity index (χ2n) is 7.35. The predicted octanol–water partition coefficient (Wildman–Crippen LogP) is 5.24. The van der Waals surface area contributed by atoms with Gasteiger partial charge in [-0.2, -0.15) is 0 Å². The summed E-state index contributed by atoms with van der Waals surface area (Å²) in [5.74, 6) is 0. The van der Waals surface area contributed by atoms with Gasteiger partial charge in [0.1, 0.15) is 6.10 Å². The van der Waals surface area contributed by atoms with Crippen LogP contribution >= 0.6 is 0 Å². The lowest BCUT2D eigenvalue weighted by molar-refractivity contribution is -0.0432. The quantitative estimate of drug-likeness (QED) is 0.522. The van der Waals surface area contributed by atoms with Crippen molar-refractivity contribution >= 4 is 8.32 Å². The van der Waals surface area contributed by atoms with Crippen molar-refractivity contribution < 1.29 is 9.16 Å². The third-order valence-corrected chi connectivity index (χ3v) is 8.97. The Bertz CT molecular complexity index is 415. The summed E-state index contributed by atoms with van der Waals surface area (Å²) in [6, 6.07) is 0. The van der Waals surface area contributed by atoms with Crippen molar-refractivity contribution in [3.63, 3.8) is 0 Å². The second kappa shape index (κ2) is 7.08. The van der Waals surface area contributed by atoms with Crippen LogP contribution in [0.15, 0.2) is 36.5 Å². The molecule has 3 heteroatoms. The summed E-state index contributed by atoms with van der Waals surface area (Å²) in [6.07, 6.45) is 9.18. The highest BCUT2D eigenvalue weighted by Crippen LogP contribution is 2.40. The third-order valence-electron chi connectivity index (χ3n) is 4.51. The van der Waals surface area contributed by atoms with Gasteiger partial charge in [0.25, 0.3) is 0 Å². The van der Waals surface area contributed by atoms with Gasteiger partial charge in [-0.15, -0.1) is 0 Å². The van der Waals surface area contributed by atoms with Crippen molar-refractivity contribution in [2.24, 2.45) is 0 Å². The lowest BCUT2D eigenvalue weighted by atomic mass is 9.95. The highest BCUT2D eigenvalue weighted by molar-refractivity contribution is 6.74. The third kappa shape index (κ3) is 4.66. The molecule has 120 valence electrons. The van der Waals surface area contributed by atoms with Crippen molar-refractivity contribution in [2.45, 2.75) is 77.5 Å². The van der Waals surface area contributed by atoms with Gasteiger partial charge in [0, 0.05) is 6.42 Å². The fraction of sp³-hybridized carbons (Fsp3) is 0.667. The maximum absolute atomic E-state index is 6.59. The van der Waals surface area contributed by atoms with Crippen molar-refractivity contribution in [2.75, 3.05) is 0 Å². The molecule has 0 amide bonds. The maximum atomic E-state index is 6.59. The molecule has 21 heavy (non-hydrogen) atoms. The van der Waals surface area contributed by atoms with Crippen LogP contribution < -0.4 is 0 Å². The van der Waals surface area contributed by atoms with Crippen LogP contribution in [0.2, 0.25) is 18.1 Å². The average molecular weight is 309 g/mol. The molecule has 3 atom stereocenters. The summed E-state index contributed by atoms with van der Waals surface area (Å²) < 4.78 is 12.8. The van der Waals surface area contributed by atoms with Gasteiger partial charge >= 0.3 is 0 Å². The van der Waals surface area contributed by atoms with Crippen molar-refractivity contribution in [1.82, 2.24) is 0 Å². The Hall–Kier alpha value is -0.643. The molecule has 0 spiro atoms. The molecule has 0 bridgehead atoms. The van der Waals surface area contributed by atoms with Gasteiger partial charge in [0.05, 0.1) is 12.2 Å². The van der Waals surface area contributed by atoms with Gasteiger partial charge in [0.15, 0.2) is 8.32 Å². The average Bonchev–Trinajstić information content (AvgIpc) is 2.33. The van der Waals surface area contributed by atoms with Gasteiger partial charge < -0.3 is 9.16 Å². The standard InChI is InChI=1S/C18H32O2Si/c1-9-11-15-13-14(3)17(16(19-15)12-10-2)20-21(7,8)18(4,5)6/h9-12,15-17H,3,13H2,1-2,4-8H3/b11-9+,12-10+/t15-,16+,17-/m0/s1. The van der Waals surface area contributed by atoms with E-state index < -0.39 is 8.32 Å². The summed E-state index contributed by atoms with van der Waals surface area (Å²) in [7, 11) is -1.84. The summed E-state index contributed by atoms with van der Waals surface area (Å²) in [5.41, 5.74) is 1.15. The molecule has 0 N–H and O–H groups in total. The van der Waals surface area contributed by atoms with Crippen LogP contribution in [0.4, 0.5) is 0 Å². The Labute approximate surface area is 132 Å². The van der Waals surface area contributed by atoms with E-state index >= 15 is 0 Å². The lowest BCUT2D eigenvalue weighted by Crippen LogP contribution is -2.50. The minimum atomic E-state index is -1.84. The lowest BCUT2D eigenvalue weighted by Gasteiger charge is -2.44. The van der Waals surface area contributed by atoms with E-state index in [0.717, 1.165) is 12.0 Å².